The SMILES string of the molecule is COc1cc2c(cc1OCCCN1CCOCC1)[nH]c1ncnc(N3CCN(C(=S)Nc4ccc(NCl)cc4)CC3)c12. The van der Waals surface area contributed by atoms with Gasteiger partial charge >= 0.3 is 0 Å². The molecule has 222 valence electrons. The van der Waals surface area contributed by atoms with Gasteiger partial charge in [-0.15, -0.1) is 0 Å². The van der Waals surface area contributed by atoms with Gasteiger partial charge in [-0.3, -0.25) is 9.74 Å². The Hall–Kier alpha value is -3.58. The highest BCUT2D eigenvalue weighted by Gasteiger charge is 2.24. The number of hydrogen-bond donors (Lipinski definition) is 3. The van der Waals surface area contributed by atoms with Gasteiger partial charge < -0.3 is 34.3 Å². The Labute approximate surface area is 255 Å². The number of thiocarbonyl (C=S) groups is 1. The second kappa shape index (κ2) is 13.2. The first-order chi connectivity index (χ1) is 20.6. The highest BCUT2D eigenvalue weighted by atomic mass is 35.5. The van der Waals surface area contributed by atoms with Gasteiger partial charge in [-0.25, -0.2) is 9.97 Å². The fraction of sp³-hybridized carbons (Fsp3) is 0.414. The first-order valence-corrected chi connectivity index (χ1v) is 15.0. The number of rotatable bonds is 9. The number of ether oxygens (including phenoxy) is 3. The van der Waals surface area contributed by atoms with E-state index in [0.717, 1.165) is 110 Å². The molecule has 0 atom stereocenters. The molecule has 2 fully saturated rings. The van der Waals surface area contributed by atoms with Crippen molar-refractivity contribution in [2.45, 2.75) is 6.42 Å². The Morgan fingerprint density at radius 2 is 1.79 bits per heavy atom. The first kappa shape index (κ1) is 28.5. The van der Waals surface area contributed by atoms with E-state index >= 15 is 0 Å². The largest absolute Gasteiger partial charge is 0.493 e. The number of fused-ring (bicyclic) bond motifs is 3. The van der Waals surface area contributed by atoms with Crippen molar-refractivity contribution in [3.8, 4) is 11.5 Å². The van der Waals surface area contributed by atoms with Crippen molar-refractivity contribution < 1.29 is 14.2 Å². The van der Waals surface area contributed by atoms with Gasteiger partial charge in [-0.2, -0.15) is 0 Å². The summed E-state index contributed by atoms with van der Waals surface area (Å²) in [6.07, 6.45) is 2.55. The molecule has 4 heterocycles. The van der Waals surface area contributed by atoms with Crippen molar-refractivity contribution in [2.24, 2.45) is 0 Å². The molecule has 2 aliphatic heterocycles. The Bertz CT molecular complexity index is 1520. The minimum atomic E-state index is 0.613. The molecule has 13 heteroatoms. The molecule has 3 N–H and O–H groups in total. The molecule has 0 radical (unpaired) electrons. The topological polar surface area (TPSA) is 103 Å². The van der Waals surface area contributed by atoms with Crippen LogP contribution in [0.3, 0.4) is 0 Å². The molecule has 2 aromatic carbocycles. The Kier molecular flexibility index (Phi) is 8.94. The average molecular weight is 611 g/mol. The molecule has 4 aromatic rings. The maximum Gasteiger partial charge on any atom is 0.173 e. The van der Waals surface area contributed by atoms with E-state index in [0.29, 0.717) is 17.5 Å². The number of aromatic nitrogens is 3. The maximum absolute atomic E-state index is 6.18. The van der Waals surface area contributed by atoms with Crippen molar-refractivity contribution in [1.29, 1.82) is 0 Å². The monoisotopic (exact) mass is 610 g/mol. The van der Waals surface area contributed by atoms with Crippen molar-refractivity contribution in [3.63, 3.8) is 0 Å². The van der Waals surface area contributed by atoms with Gasteiger partial charge in [0, 0.05) is 80.4 Å². The van der Waals surface area contributed by atoms with E-state index in [1.54, 1.807) is 13.4 Å². The molecular weight excluding hydrogens is 576 g/mol. The minimum absolute atomic E-state index is 0.613. The summed E-state index contributed by atoms with van der Waals surface area (Å²) < 4.78 is 17.4. The molecule has 2 saturated heterocycles. The molecule has 11 nitrogen and oxygen atoms in total. The van der Waals surface area contributed by atoms with Crippen LogP contribution in [0.4, 0.5) is 17.2 Å². The zero-order valence-electron chi connectivity index (χ0n) is 23.6. The van der Waals surface area contributed by atoms with E-state index in [9.17, 15) is 0 Å². The van der Waals surface area contributed by atoms with Gasteiger partial charge in [0.1, 0.15) is 17.8 Å². The number of aromatic amines is 1. The van der Waals surface area contributed by atoms with Gasteiger partial charge in [0.15, 0.2) is 16.6 Å². The van der Waals surface area contributed by atoms with Crippen LogP contribution in [0, 0.1) is 0 Å². The summed E-state index contributed by atoms with van der Waals surface area (Å²) in [5.74, 6) is 2.31. The zero-order valence-corrected chi connectivity index (χ0v) is 25.1. The van der Waals surface area contributed by atoms with Crippen molar-refractivity contribution in [1.82, 2.24) is 24.8 Å². The highest BCUT2D eigenvalue weighted by Crippen LogP contribution is 2.38. The average Bonchev–Trinajstić information content (AvgIpc) is 3.41. The molecule has 2 aliphatic rings. The van der Waals surface area contributed by atoms with Gasteiger partial charge in [0.2, 0.25) is 0 Å². The fourth-order valence-corrected chi connectivity index (χ4v) is 5.89. The summed E-state index contributed by atoms with van der Waals surface area (Å²) in [6.45, 7) is 8.27. The lowest BCUT2D eigenvalue weighted by atomic mass is 10.1. The van der Waals surface area contributed by atoms with Crippen molar-refractivity contribution in [3.05, 3.63) is 42.7 Å². The summed E-state index contributed by atoms with van der Waals surface area (Å²) >= 11 is 11.4. The normalized spacial score (nSPS) is 16.1. The Balaban J connectivity index is 1.13. The molecular formula is C29H35ClN8O3S. The van der Waals surface area contributed by atoms with Crippen LogP contribution >= 0.6 is 24.0 Å². The summed E-state index contributed by atoms with van der Waals surface area (Å²) in [4.78, 5) is 22.2. The first-order valence-electron chi connectivity index (χ1n) is 14.2. The lowest BCUT2D eigenvalue weighted by Gasteiger charge is -2.37. The summed E-state index contributed by atoms with van der Waals surface area (Å²) in [6, 6.07) is 11.7. The number of nitrogens with zero attached hydrogens (tertiary/aromatic N) is 5. The molecule has 0 saturated carbocycles. The quantitative estimate of drug-likeness (QED) is 0.144. The number of H-pyrrole nitrogens is 1. The third-order valence-electron chi connectivity index (χ3n) is 7.75. The van der Waals surface area contributed by atoms with Crippen LogP contribution < -0.4 is 24.5 Å². The third kappa shape index (κ3) is 6.26. The molecule has 0 unspecified atom stereocenters. The van der Waals surface area contributed by atoms with Crippen LogP contribution in [0.15, 0.2) is 42.7 Å². The van der Waals surface area contributed by atoms with Gasteiger partial charge in [-0.1, -0.05) is 0 Å². The molecule has 2 aromatic heterocycles. The number of methoxy groups -OCH3 is 1. The van der Waals surface area contributed by atoms with Gasteiger partial charge in [0.25, 0.3) is 0 Å². The fourth-order valence-electron chi connectivity index (χ4n) is 5.46. The number of piperazine rings is 1. The maximum atomic E-state index is 6.18. The third-order valence-corrected chi connectivity index (χ3v) is 8.32. The summed E-state index contributed by atoms with van der Waals surface area (Å²) in [7, 11) is 1.67. The zero-order chi connectivity index (χ0) is 28.9. The number of halogens is 1. The van der Waals surface area contributed by atoms with Crippen molar-refractivity contribution >= 4 is 68.2 Å². The Morgan fingerprint density at radius 3 is 2.52 bits per heavy atom. The molecule has 0 aliphatic carbocycles. The second-order valence-electron chi connectivity index (χ2n) is 10.3. The minimum Gasteiger partial charge on any atom is -0.493 e. The number of hydrogen-bond acceptors (Lipinski definition) is 9. The standard InChI is InChI=1S/C29H35ClN8O3S/c1-39-24-17-22-23(18-25(24)41-14-2-7-36-12-15-40-16-13-36)34-27-26(22)28(32-19-31-27)37-8-10-38(11-9-37)29(42)33-20-3-5-21(35-30)6-4-20/h3-6,17-19,35H,2,7-16H2,1H3,(H,33,42)(H,31,32,34). The van der Waals surface area contributed by atoms with E-state index in [2.05, 4.69) is 34.8 Å². The summed E-state index contributed by atoms with van der Waals surface area (Å²) in [5, 5.41) is 6.01. The van der Waals surface area contributed by atoms with Crippen LogP contribution in [0.25, 0.3) is 21.9 Å². The number of benzene rings is 2. The lowest BCUT2D eigenvalue weighted by molar-refractivity contribution is 0.0357. The molecule has 0 amide bonds. The molecule has 42 heavy (non-hydrogen) atoms. The smallest absolute Gasteiger partial charge is 0.173 e. The van der Waals surface area contributed by atoms with Gasteiger partial charge in [-0.05, 0) is 49.0 Å². The lowest BCUT2D eigenvalue weighted by Crippen LogP contribution is -2.50. The van der Waals surface area contributed by atoms with Crippen LogP contribution in [-0.2, 0) is 4.74 Å². The van der Waals surface area contributed by atoms with E-state index in [-0.39, 0.29) is 0 Å². The second-order valence-corrected chi connectivity index (χ2v) is 10.9. The van der Waals surface area contributed by atoms with Gasteiger partial charge in [0.05, 0.1) is 37.8 Å². The molecule has 0 bridgehead atoms. The highest BCUT2D eigenvalue weighted by molar-refractivity contribution is 7.80. The number of anilines is 3. The van der Waals surface area contributed by atoms with E-state index in [1.807, 2.05) is 36.4 Å². The summed E-state index contributed by atoms with van der Waals surface area (Å²) in [5.41, 5.74) is 3.48. The molecule has 6 rings (SSSR count). The number of morpholine rings is 1. The van der Waals surface area contributed by atoms with Crippen LogP contribution in [0.1, 0.15) is 6.42 Å². The van der Waals surface area contributed by atoms with E-state index in [1.165, 1.54) is 0 Å². The Morgan fingerprint density at radius 1 is 1.02 bits per heavy atom. The number of nitrogens with one attached hydrogen (secondary N) is 3. The predicted octanol–water partition coefficient (Wildman–Crippen LogP) is 4.31. The predicted molar refractivity (Wildman–Crippen MR) is 171 cm³/mol. The van der Waals surface area contributed by atoms with Crippen molar-refractivity contribution in [2.75, 3.05) is 87.8 Å². The van der Waals surface area contributed by atoms with E-state index < -0.39 is 0 Å². The van der Waals surface area contributed by atoms with E-state index in [4.69, 9.17) is 43.2 Å². The van der Waals surface area contributed by atoms with Crippen LogP contribution in [-0.4, -0.2) is 103 Å². The van der Waals surface area contributed by atoms with Crippen LogP contribution in [0.5, 0.6) is 11.5 Å². The van der Waals surface area contributed by atoms with Crippen LogP contribution in [0.2, 0.25) is 0 Å². The molecule has 0 spiro atoms.